The average molecular weight is 356 g/mol. The number of carbonyl (C=O) groups excluding carboxylic acids is 2. The molecule has 8 nitrogen and oxygen atoms in total. The highest BCUT2D eigenvalue weighted by molar-refractivity contribution is 5.99. The topological polar surface area (TPSA) is 85.7 Å². The van der Waals surface area contributed by atoms with E-state index in [0.29, 0.717) is 36.6 Å². The molecule has 1 atom stereocenters. The lowest BCUT2D eigenvalue weighted by Crippen LogP contribution is -2.41. The van der Waals surface area contributed by atoms with Crippen molar-refractivity contribution in [2.45, 2.75) is 32.4 Å². The molecule has 3 heterocycles. The van der Waals surface area contributed by atoms with E-state index in [-0.39, 0.29) is 18.6 Å². The molecule has 1 unspecified atom stereocenters. The van der Waals surface area contributed by atoms with E-state index >= 15 is 0 Å². The third-order valence-corrected chi connectivity index (χ3v) is 4.91. The molecule has 1 fully saturated rings. The number of ether oxygens (including phenoxy) is 2. The summed E-state index contributed by atoms with van der Waals surface area (Å²) in [5, 5.41) is 7.02. The number of aryl methyl sites for hydroxylation is 1. The van der Waals surface area contributed by atoms with Crippen molar-refractivity contribution in [3.05, 3.63) is 35.7 Å². The highest BCUT2D eigenvalue weighted by Gasteiger charge is 2.36. The van der Waals surface area contributed by atoms with Crippen LogP contribution in [0.1, 0.15) is 24.1 Å². The van der Waals surface area contributed by atoms with Crippen LogP contribution in [0, 0.1) is 6.92 Å². The minimum atomic E-state index is -0.493. The van der Waals surface area contributed by atoms with Gasteiger partial charge < -0.3 is 19.7 Å². The molecule has 1 saturated heterocycles. The lowest BCUT2D eigenvalue weighted by Gasteiger charge is -2.24. The summed E-state index contributed by atoms with van der Waals surface area (Å²) in [5.74, 6) is 1.15. The number of benzene rings is 1. The van der Waals surface area contributed by atoms with Crippen molar-refractivity contribution in [2.24, 2.45) is 7.05 Å². The maximum atomic E-state index is 12.7. The second-order valence-corrected chi connectivity index (χ2v) is 6.52. The molecule has 0 aliphatic carbocycles. The number of fused-ring (bicyclic) bond motifs is 1. The summed E-state index contributed by atoms with van der Waals surface area (Å²) in [7, 11) is 1.82. The Hall–Kier alpha value is -3.03. The van der Waals surface area contributed by atoms with Crippen LogP contribution in [0.5, 0.6) is 11.5 Å². The molecule has 136 valence electrons. The van der Waals surface area contributed by atoms with Gasteiger partial charge in [0, 0.05) is 20.0 Å². The summed E-state index contributed by atoms with van der Waals surface area (Å²) in [4.78, 5) is 26.7. The van der Waals surface area contributed by atoms with Crippen molar-refractivity contribution in [3.8, 4) is 11.5 Å². The number of anilines is 1. The monoisotopic (exact) mass is 356 g/mol. The first kappa shape index (κ1) is 16.4. The molecule has 0 bridgehead atoms. The van der Waals surface area contributed by atoms with E-state index < -0.39 is 6.04 Å². The van der Waals surface area contributed by atoms with Crippen molar-refractivity contribution in [1.29, 1.82) is 0 Å². The number of rotatable bonds is 4. The molecule has 2 amide bonds. The average Bonchev–Trinajstić information content (AvgIpc) is 3.31. The van der Waals surface area contributed by atoms with E-state index in [2.05, 4.69) is 10.4 Å². The Morgan fingerprint density at radius 1 is 1.35 bits per heavy atom. The van der Waals surface area contributed by atoms with Gasteiger partial charge in [0.15, 0.2) is 11.5 Å². The lowest BCUT2D eigenvalue weighted by molar-refractivity contribution is -0.133. The predicted molar refractivity (Wildman–Crippen MR) is 92.7 cm³/mol. The van der Waals surface area contributed by atoms with Crippen molar-refractivity contribution >= 4 is 17.5 Å². The maximum absolute atomic E-state index is 12.7. The first-order chi connectivity index (χ1) is 12.5. The third kappa shape index (κ3) is 2.87. The van der Waals surface area contributed by atoms with Crippen LogP contribution in [-0.4, -0.2) is 39.3 Å². The number of nitrogens with one attached hydrogen (secondary N) is 1. The Balaban J connectivity index is 1.50. The smallest absolute Gasteiger partial charge is 0.247 e. The van der Waals surface area contributed by atoms with E-state index in [1.54, 1.807) is 15.8 Å². The van der Waals surface area contributed by atoms with Crippen LogP contribution in [0.4, 0.5) is 5.69 Å². The molecule has 1 N–H and O–H groups in total. The van der Waals surface area contributed by atoms with Gasteiger partial charge in [-0.25, -0.2) is 0 Å². The predicted octanol–water partition coefficient (Wildman–Crippen LogP) is 1.59. The first-order valence-corrected chi connectivity index (χ1v) is 8.50. The van der Waals surface area contributed by atoms with Crippen molar-refractivity contribution in [1.82, 2.24) is 14.7 Å². The fraction of sp³-hybridized carbons (Fsp3) is 0.389. The summed E-state index contributed by atoms with van der Waals surface area (Å²) in [6, 6.07) is 5.08. The summed E-state index contributed by atoms with van der Waals surface area (Å²) >= 11 is 0. The van der Waals surface area contributed by atoms with E-state index in [0.717, 1.165) is 11.3 Å². The standard InChI is InChI=1S/C18H20N4O4/c1-11-13(8-19-21(11)2)20-18(24)14-4-6-17(23)22(14)9-12-3-5-15-16(7-12)26-10-25-15/h3,5,7-8,14H,4,6,9-10H2,1-2H3,(H,20,24). The van der Waals surface area contributed by atoms with Crippen LogP contribution in [0.2, 0.25) is 0 Å². The number of aromatic nitrogens is 2. The maximum Gasteiger partial charge on any atom is 0.247 e. The molecule has 2 aromatic rings. The Kier molecular flexibility index (Phi) is 4.02. The Morgan fingerprint density at radius 3 is 2.92 bits per heavy atom. The van der Waals surface area contributed by atoms with Gasteiger partial charge in [0.05, 0.1) is 17.6 Å². The SMILES string of the molecule is Cc1c(NC(=O)C2CCC(=O)N2Cc2ccc3c(c2)OCO3)cnn1C. The van der Waals surface area contributed by atoms with Gasteiger partial charge in [0.1, 0.15) is 6.04 Å². The molecule has 2 aliphatic rings. The number of carbonyl (C=O) groups is 2. The van der Waals surface area contributed by atoms with Gasteiger partial charge >= 0.3 is 0 Å². The van der Waals surface area contributed by atoms with Crippen molar-refractivity contribution < 1.29 is 19.1 Å². The minimum absolute atomic E-state index is 0.0225. The third-order valence-electron chi connectivity index (χ3n) is 4.91. The van der Waals surface area contributed by atoms with Crippen LogP contribution in [0.25, 0.3) is 0 Å². The largest absolute Gasteiger partial charge is 0.454 e. The highest BCUT2D eigenvalue weighted by atomic mass is 16.7. The molecular formula is C18H20N4O4. The van der Waals surface area contributed by atoms with E-state index in [4.69, 9.17) is 9.47 Å². The Bertz CT molecular complexity index is 876. The normalized spacial score (nSPS) is 18.5. The number of hydrogen-bond acceptors (Lipinski definition) is 5. The molecule has 8 heteroatoms. The number of amides is 2. The van der Waals surface area contributed by atoms with Gasteiger partial charge in [-0.05, 0) is 31.0 Å². The van der Waals surface area contributed by atoms with Crippen molar-refractivity contribution in [2.75, 3.05) is 12.1 Å². The molecule has 0 spiro atoms. The van der Waals surface area contributed by atoms with Gasteiger partial charge in [-0.3, -0.25) is 14.3 Å². The van der Waals surface area contributed by atoms with E-state index in [1.807, 2.05) is 32.2 Å². The van der Waals surface area contributed by atoms with E-state index in [1.165, 1.54) is 0 Å². The Labute approximate surface area is 150 Å². The number of hydrogen-bond donors (Lipinski definition) is 1. The summed E-state index contributed by atoms with van der Waals surface area (Å²) in [5.41, 5.74) is 2.43. The van der Waals surface area contributed by atoms with Crippen LogP contribution in [0.15, 0.2) is 24.4 Å². The molecule has 4 rings (SSSR count). The van der Waals surface area contributed by atoms with Gasteiger partial charge in [-0.1, -0.05) is 6.07 Å². The van der Waals surface area contributed by atoms with Crippen LogP contribution in [0.3, 0.4) is 0 Å². The fourth-order valence-electron chi connectivity index (χ4n) is 3.28. The molecular weight excluding hydrogens is 336 g/mol. The molecule has 2 aliphatic heterocycles. The zero-order valence-electron chi connectivity index (χ0n) is 14.7. The molecule has 0 radical (unpaired) electrons. The molecule has 1 aromatic heterocycles. The minimum Gasteiger partial charge on any atom is -0.454 e. The van der Waals surface area contributed by atoms with Crippen LogP contribution >= 0.6 is 0 Å². The van der Waals surface area contributed by atoms with Crippen LogP contribution in [-0.2, 0) is 23.2 Å². The molecule has 1 aromatic carbocycles. The Morgan fingerprint density at radius 2 is 2.15 bits per heavy atom. The van der Waals surface area contributed by atoms with Gasteiger partial charge in [0.2, 0.25) is 18.6 Å². The second kappa shape index (κ2) is 6.36. The number of likely N-dealkylation sites (tertiary alicyclic amines) is 1. The zero-order chi connectivity index (χ0) is 18.3. The van der Waals surface area contributed by atoms with E-state index in [9.17, 15) is 9.59 Å². The first-order valence-electron chi connectivity index (χ1n) is 8.50. The van der Waals surface area contributed by atoms with Gasteiger partial charge in [-0.15, -0.1) is 0 Å². The quantitative estimate of drug-likeness (QED) is 0.899. The molecule has 0 saturated carbocycles. The zero-order valence-corrected chi connectivity index (χ0v) is 14.7. The van der Waals surface area contributed by atoms with Crippen molar-refractivity contribution in [3.63, 3.8) is 0 Å². The summed E-state index contributed by atoms with van der Waals surface area (Å²) in [6.45, 7) is 2.45. The second-order valence-electron chi connectivity index (χ2n) is 6.52. The number of nitrogens with zero attached hydrogens (tertiary/aromatic N) is 3. The summed E-state index contributed by atoms with van der Waals surface area (Å²) < 4.78 is 12.4. The summed E-state index contributed by atoms with van der Waals surface area (Å²) in [6.07, 6.45) is 2.50. The van der Waals surface area contributed by atoms with Gasteiger partial charge in [-0.2, -0.15) is 5.10 Å². The highest BCUT2D eigenvalue weighted by Crippen LogP contribution is 2.33. The van der Waals surface area contributed by atoms with Gasteiger partial charge in [0.25, 0.3) is 0 Å². The molecule has 26 heavy (non-hydrogen) atoms. The fourth-order valence-corrected chi connectivity index (χ4v) is 3.28. The lowest BCUT2D eigenvalue weighted by atomic mass is 10.1. The van der Waals surface area contributed by atoms with Crippen LogP contribution < -0.4 is 14.8 Å².